The van der Waals surface area contributed by atoms with Gasteiger partial charge in [-0.25, -0.2) is 9.38 Å². The molecule has 2 nitrogen and oxygen atoms in total. The first kappa shape index (κ1) is 18.6. The maximum Gasteiger partial charge on any atom is 0.444 e. The lowest BCUT2D eigenvalue weighted by Gasteiger charge is -2.09. The molecule has 0 radical (unpaired) electrons. The number of aliphatic imine (C=N–C) groups is 1. The van der Waals surface area contributed by atoms with Crippen LogP contribution in [0, 0.1) is 17.1 Å². The largest absolute Gasteiger partial charge is 0.444 e. The maximum atomic E-state index is 13.5. The Morgan fingerprint density at radius 1 is 1.23 bits per heavy atom. The van der Waals surface area contributed by atoms with Crippen LogP contribution in [-0.4, -0.2) is 23.3 Å². The summed E-state index contributed by atoms with van der Waals surface area (Å²) in [7, 11) is 0. The van der Waals surface area contributed by atoms with Gasteiger partial charge in [-0.2, -0.15) is 31.6 Å². The van der Waals surface area contributed by atoms with E-state index < -0.39 is 40.3 Å². The van der Waals surface area contributed by atoms with E-state index in [1.807, 2.05) is 0 Å². The second-order valence-electron chi connectivity index (χ2n) is 3.72. The summed E-state index contributed by atoms with van der Waals surface area (Å²) in [5, 5.41) is 6.83. The number of hydrogen-bond acceptors (Lipinski definition) is 3. The monoisotopic (exact) mass is 364 g/mol. The molecule has 0 heterocycles. The molecule has 0 bridgehead atoms. The highest BCUT2D eigenvalue weighted by atomic mass is 35.5. The van der Waals surface area contributed by atoms with Crippen LogP contribution < -0.4 is 0 Å². The van der Waals surface area contributed by atoms with Crippen LogP contribution in [0.4, 0.5) is 36.4 Å². The Balaban J connectivity index is 3.24. The van der Waals surface area contributed by atoms with E-state index in [-0.39, 0.29) is 16.7 Å². The predicted octanol–water partition coefficient (Wildman–Crippen LogP) is 5.18. The maximum absolute atomic E-state index is 13.5. The lowest BCUT2D eigenvalue weighted by Crippen LogP contribution is -2.16. The van der Waals surface area contributed by atoms with Crippen molar-refractivity contribution in [2.75, 3.05) is 5.75 Å². The van der Waals surface area contributed by atoms with Crippen molar-refractivity contribution in [2.45, 2.75) is 17.2 Å². The molecular formula is C11H4ClF7N2S. The van der Waals surface area contributed by atoms with Gasteiger partial charge in [0.05, 0.1) is 11.3 Å². The predicted molar refractivity (Wildman–Crippen MR) is 66.9 cm³/mol. The minimum Gasteiger partial charge on any atom is -0.229 e. The molecule has 0 unspecified atom stereocenters. The third-order valence-corrected chi connectivity index (χ3v) is 3.43. The van der Waals surface area contributed by atoms with Crippen LogP contribution in [0.2, 0.25) is 0 Å². The molecule has 0 aliphatic carbocycles. The number of rotatable bonds is 3. The standard InChI is InChI=1S/C11H4ClF7N2S/c12-9(11(17,18)19)21-7-2-8(22-4-10(14,15)16)5(3-20)1-6(7)13/h1-2H,4H2. The molecule has 0 fully saturated rings. The molecule has 0 aliphatic heterocycles. The van der Waals surface area contributed by atoms with Gasteiger partial charge in [0.15, 0.2) is 0 Å². The summed E-state index contributed by atoms with van der Waals surface area (Å²) in [6, 6.07) is 2.56. The first-order chi connectivity index (χ1) is 9.94. The number of benzene rings is 1. The summed E-state index contributed by atoms with van der Waals surface area (Å²) < 4.78 is 86.6. The Kier molecular flexibility index (Phi) is 5.70. The van der Waals surface area contributed by atoms with Crippen molar-refractivity contribution >= 4 is 34.2 Å². The van der Waals surface area contributed by atoms with Crippen molar-refractivity contribution < 1.29 is 30.7 Å². The van der Waals surface area contributed by atoms with Gasteiger partial charge in [0.1, 0.15) is 17.6 Å². The first-order valence-electron chi connectivity index (χ1n) is 5.18. The number of nitriles is 1. The Morgan fingerprint density at radius 2 is 1.82 bits per heavy atom. The number of hydrogen-bond donors (Lipinski definition) is 0. The summed E-state index contributed by atoms with van der Waals surface area (Å²) in [5.74, 6) is -2.71. The molecule has 22 heavy (non-hydrogen) atoms. The fourth-order valence-corrected chi connectivity index (χ4v) is 2.03. The van der Waals surface area contributed by atoms with E-state index in [9.17, 15) is 30.7 Å². The van der Waals surface area contributed by atoms with Gasteiger partial charge in [-0.05, 0) is 12.1 Å². The van der Waals surface area contributed by atoms with Crippen molar-refractivity contribution in [1.82, 2.24) is 0 Å². The van der Waals surface area contributed by atoms with E-state index in [2.05, 4.69) is 4.99 Å². The molecule has 1 rings (SSSR count). The van der Waals surface area contributed by atoms with Crippen molar-refractivity contribution in [3.05, 3.63) is 23.5 Å². The SMILES string of the molecule is N#Cc1cc(F)c(N=C(Cl)C(F)(F)F)cc1SCC(F)(F)F. The Hall–Kier alpha value is -1.47. The van der Waals surface area contributed by atoms with Crippen LogP contribution in [-0.2, 0) is 0 Å². The Labute approximate surface area is 128 Å². The second kappa shape index (κ2) is 6.75. The van der Waals surface area contributed by atoms with Gasteiger partial charge < -0.3 is 0 Å². The van der Waals surface area contributed by atoms with Gasteiger partial charge in [0, 0.05) is 4.90 Å². The first-order valence-corrected chi connectivity index (χ1v) is 6.55. The summed E-state index contributed by atoms with van der Waals surface area (Å²) in [4.78, 5) is 2.43. The summed E-state index contributed by atoms with van der Waals surface area (Å²) in [5.41, 5.74) is -1.36. The van der Waals surface area contributed by atoms with Crippen molar-refractivity contribution in [3.8, 4) is 6.07 Å². The minimum atomic E-state index is -5.03. The fraction of sp³-hybridized carbons (Fsp3) is 0.273. The van der Waals surface area contributed by atoms with Crippen LogP contribution in [0.15, 0.2) is 22.0 Å². The molecule has 1 aromatic carbocycles. The summed E-state index contributed by atoms with van der Waals surface area (Å²) in [6.45, 7) is 0. The van der Waals surface area contributed by atoms with E-state index in [4.69, 9.17) is 16.9 Å². The Bertz CT molecular complexity index is 631. The fourth-order valence-electron chi connectivity index (χ4n) is 1.16. The molecule has 11 heteroatoms. The highest BCUT2D eigenvalue weighted by Gasteiger charge is 2.35. The lowest BCUT2D eigenvalue weighted by molar-refractivity contribution is -0.105. The van der Waals surface area contributed by atoms with Gasteiger partial charge in [-0.3, -0.25) is 0 Å². The van der Waals surface area contributed by atoms with Gasteiger partial charge >= 0.3 is 12.4 Å². The zero-order valence-corrected chi connectivity index (χ0v) is 11.8. The molecule has 0 aromatic heterocycles. The van der Waals surface area contributed by atoms with Gasteiger partial charge in [0.25, 0.3) is 0 Å². The molecule has 0 atom stereocenters. The van der Waals surface area contributed by atoms with E-state index in [1.54, 1.807) is 0 Å². The normalized spacial score (nSPS) is 13.1. The zero-order valence-electron chi connectivity index (χ0n) is 10.2. The number of thioether (sulfide) groups is 1. The molecule has 0 amide bonds. The highest BCUT2D eigenvalue weighted by Crippen LogP contribution is 2.34. The molecule has 120 valence electrons. The molecular weight excluding hydrogens is 361 g/mol. The molecule has 0 aliphatic rings. The quantitative estimate of drug-likeness (QED) is 0.421. The highest BCUT2D eigenvalue weighted by molar-refractivity contribution is 7.99. The van der Waals surface area contributed by atoms with E-state index in [0.29, 0.717) is 12.1 Å². The molecule has 1 aromatic rings. The van der Waals surface area contributed by atoms with E-state index in [1.165, 1.54) is 6.07 Å². The van der Waals surface area contributed by atoms with Gasteiger partial charge in [0.2, 0.25) is 5.17 Å². The lowest BCUT2D eigenvalue weighted by atomic mass is 10.2. The van der Waals surface area contributed by atoms with Crippen molar-refractivity contribution in [2.24, 2.45) is 4.99 Å². The average molecular weight is 365 g/mol. The van der Waals surface area contributed by atoms with Crippen LogP contribution in [0.5, 0.6) is 0 Å². The summed E-state index contributed by atoms with van der Waals surface area (Å²) in [6.07, 6.45) is -9.60. The smallest absolute Gasteiger partial charge is 0.229 e. The topological polar surface area (TPSA) is 36.1 Å². The van der Waals surface area contributed by atoms with Crippen LogP contribution in [0.25, 0.3) is 0 Å². The molecule has 0 saturated heterocycles. The van der Waals surface area contributed by atoms with Crippen molar-refractivity contribution in [3.63, 3.8) is 0 Å². The van der Waals surface area contributed by atoms with Gasteiger partial charge in [-0.1, -0.05) is 11.6 Å². The van der Waals surface area contributed by atoms with E-state index in [0.717, 1.165) is 0 Å². The molecule has 0 N–H and O–H groups in total. The summed E-state index contributed by atoms with van der Waals surface area (Å²) >= 11 is 4.97. The number of nitrogens with zero attached hydrogens (tertiary/aromatic N) is 2. The molecule has 0 saturated carbocycles. The third-order valence-electron chi connectivity index (χ3n) is 2.01. The molecule has 0 spiro atoms. The van der Waals surface area contributed by atoms with Gasteiger partial charge in [-0.15, -0.1) is 11.8 Å². The van der Waals surface area contributed by atoms with Crippen LogP contribution in [0.3, 0.4) is 0 Å². The van der Waals surface area contributed by atoms with E-state index >= 15 is 0 Å². The minimum absolute atomic E-state index is 0.128. The van der Waals surface area contributed by atoms with Crippen LogP contribution in [0.1, 0.15) is 5.56 Å². The zero-order chi connectivity index (χ0) is 17.1. The van der Waals surface area contributed by atoms with Crippen LogP contribution >= 0.6 is 23.4 Å². The second-order valence-corrected chi connectivity index (χ2v) is 5.09. The average Bonchev–Trinajstić information content (AvgIpc) is 2.36. The number of halogens is 8. The number of alkyl halides is 6. The van der Waals surface area contributed by atoms with Crippen molar-refractivity contribution in [1.29, 1.82) is 5.26 Å². The Morgan fingerprint density at radius 3 is 2.27 bits per heavy atom. The third kappa shape index (κ3) is 5.38.